The van der Waals surface area contributed by atoms with Gasteiger partial charge in [-0.15, -0.1) is 12.4 Å². The lowest BCUT2D eigenvalue weighted by Crippen LogP contribution is -2.53. The van der Waals surface area contributed by atoms with E-state index < -0.39 is 0 Å². The maximum Gasteiger partial charge on any atom is 0.273 e. The Balaban J connectivity index is 0.00000196. The van der Waals surface area contributed by atoms with Crippen LogP contribution in [0.15, 0.2) is 34.9 Å². The quantitative estimate of drug-likeness (QED) is 0.820. The molecule has 7 heteroatoms. The summed E-state index contributed by atoms with van der Waals surface area (Å²) in [5.41, 5.74) is 7.27. The highest BCUT2D eigenvalue weighted by atomic mass is 35.5. The Kier molecular flexibility index (Phi) is 5.90. The van der Waals surface area contributed by atoms with Gasteiger partial charge in [0.05, 0.1) is 0 Å². The number of amides is 1. The zero-order chi connectivity index (χ0) is 17.4. The summed E-state index contributed by atoms with van der Waals surface area (Å²) in [4.78, 5) is 12.6. The first-order valence-corrected chi connectivity index (χ1v) is 9.27. The van der Waals surface area contributed by atoms with Crippen LogP contribution in [0.3, 0.4) is 0 Å². The second-order valence-electron chi connectivity index (χ2n) is 7.27. The van der Waals surface area contributed by atoms with Crippen molar-refractivity contribution in [3.63, 3.8) is 0 Å². The van der Waals surface area contributed by atoms with Gasteiger partial charge in [0.2, 0.25) is 0 Å². The summed E-state index contributed by atoms with van der Waals surface area (Å²) < 4.78 is 5.34. The summed E-state index contributed by atoms with van der Waals surface area (Å²) in [5.74, 6) is 1.32. The molecule has 0 spiro atoms. The highest BCUT2D eigenvalue weighted by Gasteiger charge is 2.40. The lowest BCUT2D eigenvalue weighted by Gasteiger charge is -2.45. The predicted molar refractivity (Wildman–Crippen MR) is 103 cm³/mol. The molecule has 26 heavy (non-hydrogen) atoms. The summed E-state index contributed by atoms with van der Waals surface area (Å²) in [6, 6.07) is 9.44. The van der Waals surface area contributed by atoms with E-state index >= 15 is 0 Å². The average molecular weight is 396 g/mol. The van der Waals surface area contributed by atoms with E-state index in [4.69, 9.17) is 21.9 Å². The van der Waals surface area contributed by atoms with Crippen LogP contribution in [0, 0.1) is 11.8 Å². The highest BCUT2D eigenvalue weighted by Crippen LogP contribution is 2.39. The number of rotatable bonds is 3. The molecular weight excluding hydrogens is 373 g/mol. The Bertz CT molecular complexity index is 766. The van der Waals surface area contributed by atoms with Gasteiger partial charge in [-0.2, -0.15) is 0 Å². The molecular formula is C19H23Cl2N3O2. The summed E-state index contributed by atoms with van der Waals surface area (Å²) in [5, 5.41) is 7.75. The average Bonchev–Trinajstić information content (AvgIpc) is 3.06. The van der Waals surface area contributed by atoms with Crippen molar-refractivity contribution in [2.45, 2.75) is 44.2 Å². The third-order valence-corrected chi connectivity index (χ3v) is 5.76. The molecule has 2 aliphatic carbocycles. The van der Waals surface area contributed by atoms with Crippen molar-refractivity contribution in [1.82, 2.24) is 10.5 Å². The maximum atomic E-state index is 12.6. The maximum absolute atomic E-state index is 12.6. The van der Waals surface area contributed by atoms with Crippen LogP contribution >= 0.6 is 24.0 Å². The fourth-order valence-electron chi connectivity index (χ4n) is 4.41. The minimum Gasteiger partial charge on any atom is -0.355 e. The van der Waals surface area contributed by atoms with E-state index in [0.29, 0.717) is 28.3 Å². The summed E-state index contributed by atoms with van der Waals surface area (Å²) in [6.07, 6.45) is 5.50. The van der Waals surface area contributed by atoms with Crippen molar-refractivity contribution in [3.8, 4) is 11.3 Å². The molecule has 0 saturated heterocycles. The molecule has 3 N–H and O–H groups in total. The number of nitrogens with one attached hydrogen (secondary N) is 1. The zero-order valence-corrected chi connectivity index (χ0v) is 15.9. The number of carbonyl (C=O) groups is 1. The van der Waals surface area contributed by atoms with Crippen LogP contribution in [0.4, 0.5) is 0 Å². The minimum atomic E-state index is -0.172. The topological polar surface area (TPSA) is 81.1 Å². The molecule has 2 aliphatic rings. The van der Waals surface area contributed by atoms with Crippen LogP contribution < -0.4 is 11.1 Å². The molecule has 5 nitrogen and oxygen atoms in total. The van der Waals surface area contributed by atoms with Crippen LogP contribution in [0.25, 0.3) is 11.3 Å². The number of carbonyl (C=O) groups excluding carboxylic acids is 1. The van der Waals surface area contributed by atoms with Crippen LogP contribution in [0.1, 0.15) is 42.6 Å². The molecule has 0 aliphatic heterocycles. The van der Waals surface area contributed by atoms with Gasteiger partial charge in [-0.05, 0) is 49.7 Å². The molecule has 2 atom stereocenters. The molecule has 140 valence electrons. The van der Waals surface area contributed by atoms with E-state index in [-0.39, 0.29) is 30.4 Å². The molecule has 2 fully saturated rings. The number of hydrogen-bond acceptors (Lipinski definition) is 4. The van der Waals surface area contributed by atoms with Gasteiger partial charge in [0.1, 0.15) is 0 Å². The van der Waals surface area contributed by atoms with Gasteiger partial charge in [0, 0.05) is 28.7 Å². The predicted octanol–water partition coefficient (Wildman–Crippen LogP) is 4.05. The Labute approximate surface area is 164 Å². The number of fused-ring (bicyclic) bond motifs is 2. The van der Waals surface area contributed by atoms with Gasteiger partial charge in [-0.3, -0.25) is 4.79 Å². The van der Waals surface area contributed by atoms with Crippen molar-refractivity contribution >= 4 is 29.9 Å². The Morgan fingerprint density at radius 1 is 1.23 bits per heavy atom. The van der Waals surface area contributed by atoms with Crippen LogP contribution in [0.5, 0.6) is 0 Å². The third kappa shape index (κ3) is 3.90. The monoisotopic (exact) mass is 395 g/mol. The van der Waals surface area contributed by atoms with E-state index in [2.05, 4.69) is 10.5 Å². The molecule has 2 unspecified atom stereocenters. The summed E-state index contributed by atoms with van der Waals surface area (Å²) in [7, 11) is 0. The second-order valence-corrected chi connectivity index (χ2v) is 7.70. The van der Waals surface area contributed by atoms with Crippen molar-refractivity contribution in [1.29, 1.82) is 0 Å². The highest BCUT2D eigenvalue weighted by molar-refractivity contribution is 6.30. The lowest BCUT2D eigenvalue weighted by atomic mass is 9.67. The van der Waals surface area contributed by atoms with Crippen molar-refractivity contribution in [2.75, 3.05) is 0 Å². The Hall–Kier alpha value is -1.56. The van der Waals surface area contributed by atoms with E-state index in [1.54, 1.807) is 18.2 Å². The molecule has 1 amide bonds. The van der Waals surface area contributed by atoms with Crippen LogP contribution in [-0.4, -0.2) is 23.1 Å². The van der Waals surface area contributed by atoms with Gasteiger partial charge in [-0.25, -0.2) is 0 Å². The first kappa shape index (κ1) is 19.2. The fraction of sp³-hybridized carbons (Fsp3) is 0.474. The normalized spacial score (nSPS) is 27.5. The van der Waals surface area contributed by atoms with Gasteiger partial charge in [-0.1, -0.05) is 35.3 Å². The number of nitrogens with zero attached hydrogens (tertiary/aromatic N) is 1. The van der Waals surface area contributed by atoms with E-state index in [1.807, 2.05) is 12.1 Å². The number of aromatic nitrogens is 1. The molecule has 2 saturated carbocycles. The standard InChI is InChI=1S/C19H22ClN3O2.ClH/c20-14-6-2-3-11(7-14)17-10-16(23-25-17)19(24)22-18-12-4-1-5-13(18)9-15(21)8-12;/h2-3,6-7,10,12-13,15,18H,1,4-5,8-9,21H2,(H,22,24);1H. The largest absolute Gasteiger partial charge is 0.355 e. The molecule has 2 aromatic rings. The van der Waals surface area contributed by atoms with Crippen molar-refractivity contribution < 1.29 is 9.32 Å². The smallest absolute Gasteiger partial charge is 0.273 e. The Morgan fingerprint density at radius 2 is 1.96 bits per heavy atom. The summed E-state index contributed by atoms with van der Waals surface area (Å²) in [6.45, 7) is 0. The SMILES string of the molecule is Cl.NC1CC2CCCC(C1)C2NC(=O)c1cc(-c2cccc(Cl)c2)on1. The molecule has 2 bridgehead atoms. The van der Waals surface area contributed by atoms with E-state index in [0.717, 1.165) is 31.2 Å². The Morgan fingerprint density at radius 3 is 2.65 bits per heavy atom. The molecule has 0 radical (unpaired) electrons. The first-order chi connectivity index (χ1) is 12.1. The number of benzene rings is 1. The molecule has 1 aromatic carbocycles. The van der Waals surface area contributed by atoms with Crippen LogP contribution in [0.2, 0.25) is 5.02 Å². The number of halogens is 2. The fourth-order valence-corrected chi connectivity index (χ4v) is 4.60. The molecule has 1 aromatic heterocycles. The van der Waals surface area contributed by atoms with Gasteiger partial charge < -0.3 is 15.6 Å². The number of nitrogens with two attached hydrogens (primary N) is 1. The number of hydrogen-bond donors (Lipinski definition) is 2. The summed E-state index contributed by atoms with van der Waals surface area (Å²) >= 11 is 6.01. The van der Waals surface area contributed by atoms with Crippen LogP contribution in [-0.2, 0) is 0 Å². The zero-order valence-electron chi connectivity index (χ0n) is 14.4. The van der Waals surface area contributed by atoms with E-state index in [9.17, 15) is 4.79 Å². The lowest BCUT2D eigenvalue weighted by molar-refractivity contribution is 0.0748. The van der Waals surface area contributed by atoms with Gasteiger partial charge in [0.15, 0.2) is 11.5 Å². The van der Waals surface area contributed by atoms with Gasteiger partial charge >= 0.3 is 0 Å². The molecule has 4 rings (SSSR count). The van der Waals surface area contributed by atoms with E-state index in [1.165, 1.54) is 6.42 Å². The van der Waals surface area contributed by atoms with Gasteiger partial charge in [0.25, 0.3) is 5.91 Å². The van der Waals surface area contributed by atoms with Crippen molar-refractivity contribution in [3.05, 3.63) is 41.0 Å². The minimum absolute atomic E-state index is 0. The van der Waals surface area contributed by atoms with Crippen molar-refractivity contribution in [2.24, 2.45) is 17.6 Å². The third-order valence-electron chi connectivity index (χ3n) is 5.53. The molecule has 1 heterocycles. The first-order valence-electron chi connectivity index (χ1n) is 8.89. The second kappa shape index (κ2) is 7.99.